The second-order valence-electron chi connectivity index (χ2n) is 11.0. The molecule has 0 bridgehead atoms. The van der Waals surface area contributed by atoms with Crippen molar-refractivity contribution in [2.75, 3.05) is 0 Å². The van der Waals surface area contributed by atoms with Gasteiger partial charge in [-0.3, -0.25) is 0 Å². The number of aryl methyl sites for hydroxylation is 1. The van der Waals surface area contributed by atoms with E-state index in [0.717, 1.165) is 19.3 Å². The van der Waals surface area contributed by atoms with Gasteiger partial charge in [-0.25, -0.2) is 21.8 Å². The number of para-hydroxylation sites is 1. The molecule has 3 rings (SSSR count). The van der Waals surface area contributed by atoms with Crippen LogP contribution in [0, 0.1) is 0 Å². The summed E-state index contributed by atoms with van der Waals surface area (Å²) in [6.45, 7) is 2.16. The van der Waals surface area contributed by atoms with Gasteiger partial charge in [0.1, 0.15) is 26.1 Å². The van der Waals surface area contributed by atoms with Gasteiger partial charge in [-0.1, -0.05) is 121 Å². The predicted molar refractivity (Wildman–Crippen MR) is 160 cm³/mol. The normalized spacial score (nSPS) is 11.8. The zero-order valence-corrected chi connectivity index (χ0v) is 34.1. The Morgan fingerprint density at radius 3 is 1.60 bits per heavy atom. The molecule has 0 unspecified atom stereocenters. The van der Waals surface area contributed by atoms with E-state index in [2.05, 4.69) is 11.9 Å². The number of nitrogens with zero attached hydrogens (tertiary/aromatic N) is 2. The number of hydrogen-bond donors (Lipinski definition) is 0. The van der Waals surface area contributed by atoms with Crippen molar-refractivity contribution < 1.29 is 129 Å². The van der Waals surface area contributed by atoms with Crippen molar-refractivity contribution in [1.82, 2.24) is 9.55 Å². The first-order chi connectivity index (χ1) is 19.6. The van der Waals surface area contributed by atoms with Gasteiger partial charge in [0, 0.05) is 6.42 Å². The van der Waals surface area contributed by atoms with E-state index >= 15 is 0 Å². The molecule has 12 heteroatoms. The number of benzene rings is 2. The van der Waals surface area contributed by atoms with E-state index in [1.165, 1.54) is 107 Å². The van der Waals surface area contributed by atoms with Crippen LogP contribution in [0.15, 0.2) is 52.3 Å². The molecule has 0 fully saturated rings. The predicted octanol–water partition coefficient (Wildman–Crippen LogP) is 1.31. The Labute approximate surface area is 343 Å². The second-order valence-corrected chi connectivity index (χ2v) is 13.6. The smallest absolute Gasteiger partial charge is 0.744 e. The molecule has 0 aliphatic carbocycles. The van der Waals surface area contributed by atoms with E-state index in [4.69, 9.17) is 0 Å². The topological polar surface area (TPSA) is 132 Å². The van der Waals surface area contributed by atoms with Crippen LogP contribution in [0.4, 0.5) is 0 Å². The minimum Gasteiger partial charge on any atom is -0.744 e. The van der Waals surface area contributed by atoms with E-state index in [1.807, 2.05) is 0 Å². The van der Waals surface area contributed by atoms with E-state index < -0.39 is 25.1 Å². The fourth-order valence-electron chi connectivity index (χ4n) is 5.47. The van der Waals surface area contributed by atoms with Gasteiger partial charge < -0.3 is 13.7 Å². The van der Waals surface area contributed by atoms with Crippen LogP contribution in [0.2, 0.25) is 0 Å². The first-order valence-electron chi connectivity index (χ1n) is 15.1. The summed E-state index contributed by atoms with van der Waals surface area (Å²) in [6, 6.07) is 10.2. The van der Waals surface area contributed by atoms with Gasteiger partial charge in [0.15, 0.2) is 0 Å². The molecule has 228 valence electrons. The summed E-state index contributed by atoms with van der Waals surface area (Å²) in [4.78, 5) is 3.83. The van der Waals surface area contributed by atoms with Gasteiger partial charge in [-0.2, -0.15) is 0 Å². The molecule has 43 heavy (non-hydrogen) atoms. The average molecular weight is 683 g/mol. The molecule has 3 aromatic rings. The Morgan fingerprint density at radius 2 is 1.09 bits per heavy atom. The Morgan fingerprint density at radius 1 is 0.628 bits per heavy atom. The van der Waals surface area contributed by atoms with Crippen molar-refractivity contribution in [2.45, 2.75) is 126 Å². The van der Waals surface area contributed by atoms with E-state index in [-0.39, 0.29) is 125 Å². The maximum Gasteiger partial charge on any atom is 1.00 e. The molecule has 0 radical (unpaired) electrons. The van der Waals surface area contributed by atoms with Gasteiger partial charge in [0.2, 0.25) is 0 Å². The molecular weight excluding hydrogens is 639 g/mol. The van der Waals surface area contributed by atoms with Gasteiger partial charge >= 0.3 is 103 Å². The molecule has 2 aromatic carbocycles. The summed E-state index contributed by atoms with van der Waals surface area (Å²) in [5.74, 6) is 0.559. The maximum atomic E-state index is 12.1. The molecular formula is C31H44K2N2O6S2. The van der Waals surface area contributed by atoms with Crippen LogP contribution in [0.3, 0.4) is 0 Å². The summed E-state index contributed by atoms with van der Waals surface area (Å²) in [5.41, 5.74) is 0.703. The third-order valence-electron chi connectivity index (χ3n) is 7.65. The Kier molecular flexibility index (Phi) is 21.3. The van der Waals surface area contributed by atoms with Crippen LogP contribution in [-0.2, 0) is 33.2 Å². The fraction of sp³-hybridized carbons (Fsp3) is 0.581. The number of fused-ring (bicyclic) bond motifs is 1. The van der Waals surface area contributed by atoms with Crippen LogP contribution in [-0.4, -0.2) is 35.5 Å². The molecule has 0 aliphatic heterocycles. The van der Waals surface area contributed by atoms with Gasteiger partial charge in [0.25, 0.3) is 0 Å². The molecule has 0 saturated heterocycles. The Bertz CT molecular complexity index is 1460. The van der Waals surface area contributed by atoms with Crippen molar-refractivity contribution in [2.24, 2.45) is 0 Å². The van der Waals surface area contributed by atoms with E-state index in [0.29, 0.717) is 17.8 Å². The SMILES string of the molecule is CCCCCCCCCCCCCCCCCc1nc2cccc(S(=O)(=O)[O-])c2n1Cc1ccccc1S(=O)(=O)[O-].[K+].[K+]. The van der Waals surface area contributed by atoms with Crippen LogP contribution in [0.25, 0.3) is 11.0 Å². The van der Waals surface area contributed by atoms with Crippen molar-refractivity contribution in [3.8, 4) is 0 Å². The molecule has 8 nitrogen and oxygen atoms in total. The molecule has 1 aromatic heterocycles. The fourth-order valence-corrected chi connectivity index (χ4v) is 6.86. The molecule has 1 heterocycles. The van der Waals surface area contributed by atoms with Gasteiger partial charge in [-0.05, 0) is 30.2 Å². The quantitative estimate of drug-likeness (QED) is 0.0998. The first-order valence-corrected chi connectivity index (χ1v) is 17.9. The van der Waals surface area contributed by atoms with Crippen molar-refractivity contribution >= 4 is 31.3 Å². The number of unbranched alkanes of at least 4 members (excludes halogenated alkanes) is 14. The third-order valence-corrected chi connectivity index (χ3v) is 9.46. The average Bonchev–Trinajstić information content (AvgIpc) is 3.27. The standard InChI is InChI=1S/C31H46N2O6S2.2K/c1-2-3-4-5-6-7-8-9-10-11-12-13-14-15-16-24-30-32-27-21-19-23-29(41(37,38)39)31(27)33(30)25-26-20-17-18-22-28(26)40(34,35)36;;/h17-23H,2-16,24-25H2,1H3,(H,34,35,36)(H,37,38,39);;/q;2*+1/p-2. The van der Waals surface area contributed by atoms with Crippen LogP contribution < -0.4 is 103 Å². The zero-order chi connectivity index (χ0) is 29.7. The minimum absolute atomic E-state index is 0. The Hall–Kier alpha value is 1.00. The molecule has 0 amide bonds. The van der Waals surface area contributed by atoms with Crippen molar-refractivity contribution in [1.29, 1.82) is 0 Å². The molecule has 0 aliphatic rings. The summed E-state index contributed by atoms with van der Waals surface area (Å²) in [6.07, 6.45) is 19.2. The molecule has 0 saturated carbocycles. The molecule has 0 spiro atoms. The minimum atomic E-state index is -4.81. The summed E-state index contributed by atoms with van der Waals surface area (Å²) < 4.78 is 73.3. The largest absolute Gasteiger partial charge is 1.00 e. The maximum absolute atomic E-state index is 12.1. The van der Waals surface area contributed by atoms with E-state index in [1.54, 1.807) is 16.7 Å². The summed E-state index contributed by atoms with van der Waals surface area (Å²) >= 11 is 0. The van der Waals surface area contributed by atoms with Gasteiger partial charge in [0.05, 0.1) is 27.4 Å². The molecule has 0 N–H and O–H groups in total. The number of aromatic nitrogens is 2. The van der Waals surface area contributed by atoms with E-state index in [9.17, 15) is 25.9 Å². The Balaban J connectivity index is 0.00000462. The third kappa shape index (κ3) is 14.3. The molecule has 0 atom stereocenters. The number of imidazole rings is 1. The zero-order valence-electron chi connectivity index (χ0n) is 26.2. The number of hydrogen-bond acceptors (Lipinski definition) is 7. The summed E-state index contributed by atoms with van der Waals surface area (Å²) in [5, 5.41) is 0. The van der Waals surface area contributed by atoms with Crippen LogP contribution >= 0.6 is 0 Å². The summed E-state index contributed by atoms with van der Waals surface area (Å²) in [7, 11) is -9.56. The van der Waals surface area contributed by atoms with Crippen molar-refractivity contribution in [3.63, 3.8) is 0 Å². The van der Waals surface area contributed by atoms with Crippen LogP contribution in [0.1, 0.15) is 115 Å². The number of rotatable bonds is 20. The second kappa shape index (κ2) is 21.8. The monoisotopic (exact) mass is 682 g/mol. The van der Waals surface area contributed by atoms with Crippen molar-refractivity contribution in [3.05, 3.63) is 53.9 Å². The first kappa shape index (κ1) is 42.0. The van der Waals surface area contributed by atoms with Crippen LogP contribution in [0.5, 0.6) is 0 Å². The van der Waals surface area contributed by atoms with Gasteiger partial charge in [-0.15, -0.1) is 0 Å².